The van der Waals surface area contributed by atoms with Gasteiger partial charge in [-0.05, 0) is 24.5 Å². The molecule has 1 aliphatic heterocycles. The van der Waals surface area contributed by atoms with Gasteiger partial charge in [-0.1, -0.05) is 18.2 Å². The molecule has 3 heterocycles. The predicted octanol–water partition coefficient (Wildman–Crippen LogP) is 1.67. The molecule has 3 aromatic rings. The Morgan fingerprint density at radius 1 is 1.43 bits per heavy atom. The molecular weight excluding hydrogens is 400 g/mol. The van der Waals surface area contributed by atoms with Gasteiger partial charge in [-0.25, -0.2) is 4.98 Å². The molecule has 2 aromatic heterocycles. The molecular formula is C21H22N6O2S. The third-order valence-electron chi connectivity index (χ3n) is 5.34. The fourth-order valence-corrected chi connectivity index (χ4v) is 4.73. The van der Waals surface area contributed by atoms with E-state index < -0.39 is 0 Å². The molecule has 0 aliphatic carbocycles. The highest BCUT2D eigenvalue weighted by molar-refractivity contribution is 7.17. The number of nitrogens with zero attached hydrogens (tertiary/aromatic N) is 4. The number of carbonyl (C=O) groups excluding carboxylic acids is 1. The van der Waals surface area contributed by atoms with E-state index in [4.69, 9.17) is 10.7 Å². The number of aromatic nitrogens is 2. The summed E-state index contributed by atoms with van der Waals surface area (Å²) in [7, 11) is 1.55. The molecule has 1 aromatic carbocycles. The summed E-state index contributed by atoms with van der Waals surface area (Å²) in [5.41, 5.74) is 8.02. The van der Waals surface area contributed by atoms with Crippen molar-refractivity contribution in [1.29, 1.82) is 5.26 Å². The minimum atomic E-state index is -0.276. The van der Waals surface area contributed by atoms with Crippen LogP contribution in [-0.2, 0) is 6.54 Å². The van der Waals surface area contributed by atoms with Gasteiger partial charge in [0.25, 0.3) is 11.5 Å². The first-order valence-electron chi connectivity index (χ1n) is 9.76. The molecule has 154 valence electrons. The Hall–Kier alpha value is -3.22. The first-order valence-corrected chi connectivity index (χ1v) is 10.6. The number of fused-ring (bicyclic) bond motifs is 1. The molecule has 0 bridgehead atoms. The summed E-state index contributed by atoms with van der Waals surface area (Å²) in [5, 5.41) is 13.7. The van der Waals surface area contributed by atoms with Crippen LogP contribution in [0, 0.1) is 11.3 Å². The fourth-order valence-electron chi connectivity index (χ4n) is 3.80. The zero-order valence-electron chi connectivity index (χ0n) is 16.6. The van der Waals surface area contributed by atoms with Crippen LogP contribution in [0.3, 0.4) is 0 Å². The van der Waals surface area contributed by atoms with Crippen molar-refractivity contribution in [2.75, 3.05) is 25.0 Å². The van der Waals surface area contributed by atoms with E-state index in [0.717, 1.165) is 24.9 Å². The number of piperidine rings is 1. The van der Waals surface area contributed by atoms with Gasteiger partial charge in [0.2, 0.25) is 5.95 Å². The Morgan fingerprint density at radius 2 is 2.23 bits per heavy atom. The van der Waals surface area contributed by atoms with Crippen LogP contribution < -0.4 is 21.5 Å². The Morgan fingerprint density at radius 3 is 2.97 bits per heavy atom. The van der Waals surface area contributed by atoms with Gasteiger partial charge in [0.05, 0.1) is 23.7 Å². The number of benzene rings is 1. The summed E-state index contributed by atoms with van der Waals surface area (Å²) in [6.07, 6.45) is 1.82. The number of hydrogen-bond donors (Lipinski definition) is 2. The third kappa shape index (κ3) is 3.56. The Bertz CT molecular complexity index is 1210. The first kappa shape index (κ1) is 20.1. The number of nitriles is 1. The highest BCUT2D eigenvalue weighted by Gasteiger charge is 2.25. The van der Waals surface area contributed by atoms with E-state index in [1.165, 1.54) is 11.3 Å². The molecule has 9 heteroatoms. The molecule has 1 atom stereocenters. The second-order valence-electron chi connectivity index (χ2n) is 7.33. The predicted molar refractivity (Wildman–Crippen MR) is 117 cm³/mol. The quantitative estimate of drug-likeness (QED) is 0.660. The van der Waals surface area contributed by atoms with Gasteiger partial charge in [0.1, 0.15) is 10.2 Å². The molecule has 30 heavy (non-hydrogen) atoms. The summed E-state index contributed by atoms with van der Waals surface area (Å²) in [6.45, 7) is 1.53. The summed E-state index contributed by atoms with van der Waals surface area (Å²) >= 11 is 1.21. The number of amides is 1. The molecule has 0 spiro atoms. The number of nitrogens with two attached hydrogens (primary N) is 1. The van der Waals surface area contributed by atoms with Gasteiger partial charge >= 0.3 is 0 Å². The van der Waals surface area contributed by atoms with Gasteiger partial charge in [-0.15, -0.1) is 11.3 Å². The second-order valence-corrected chi connectivity index (χ2v) is 8.21. The van der Waals surface area contributed by atoms with Crippen LogP contribution in [0.15, 0.2) is 34.4 Å². The van der Waals surface area contributed by atoms with Crippen molar-refractivity contribution in [3.63, 3.8) is 0 Å². The average molecular weight is 423 g/mol. The van der Waals surface area contributed by atoms with Gasteiger partial charge in [0.15, 0.2) is 0 Å². The number of thiophene rings is 1. The minimum Gasteiger partial charge on any atom is -0.355 e. The van der Waals surface area contributed by atoms with Gasteiger partial charge < -0.3 is 16.0 Å². The van der Waals surface area contributed by atoms with E-state index >= 15 is 0 Å². The van der Waals surface area contributed by atoms with Crippen LogP contribution in [-0.4, -0.2) is 41.6 Å². The molecule has 8 nitrogen and oxygen atoms in total. The van der Waals surface area contributed by atoms with Gasteiger partial charge in [-0.2, -0.15) is 5.26 Å². The van der Waals surface area contributed by atoms with Crippen molar-refractivity contribution in [3.8, 4) is 6.07 Å². The van der Waals surface area contributed by atoms with E-state index in [1.54, 1.807) is 29.1 Å². The maximum absolute atomic E-state index is 13.5. The van der Waals surface area contributed by atoms with Crippen LogP contribution in [0.25, 0.3) is 10.2 Å². The number of rotatable bonds is 4. The second kappa shape index (κ2) is 8.26. The summed E-state index contributed by atoms with van der Waals surface area (Å²) in [6, 6.07) is 9.39. The van der Waals surface area contributed by atoms with Crippen molar-refractivity contribution < 1.29 is 4.79 Å². The number of hydrogen-bond acceptors (Lipinski definition) is 7. The highest BCUT2D eigenvalue weighted by Crippen LogP contribution is 2.26. The lowest BCUT2D eigenvalue weighted by Gasteiger charge is -2.33. The normalized spacial score (nSPS) is 16.4. The third-order valence-corrected chi connectivity index (χ3v) is 6.29. The molecule has 3 N–H and O–H groups in total. The van der Waals surface area contributed by atoms with Gasteiger partial charge in [-0.3, -0.25) is 14.2 Å². The maximum Gasteiger partial charge on any atom is 0.273 e. The lowest BCUT2D eigenvalue weighted by atomic mass is 10.1. The molecule has 1 fully saturated rings. The van der Waals surface area contributed by atoms with Crippen molar-refractivity contribution >= 4 is 33.4 Å². The lowest BCUT2D eigenvalue weighted by molar-refractivity contribution is 0.0965. The van der Waals surface area contributed by atoms with Crippen LogP contribution in [0.5, 0.6) is 0 Å². The molecule has 1 saturated heterocycles. The summed E-state index contributed by atoms with van der Waals surface area (Å²) in [4.78, 5) is 32.5. The van der Waals surface area contributed by atoms with E-state index in [1.807, 2.05) is 17.0 Å². The largest absolute Gasteiger partial charge is 0.355 e. The van der Waals surface area contributed by atoms with Gasteiger partial charge in [0, 0.05) is 31.6 Å². The molecule has 4 rings (SSSR count). The fraction of sp³-hybridized carbons (Fsp3) is 0.333. The van der Waals surface area contributed by atoms with E-state index in [0.29, 0.717) is 33.8 Å². The zero-order chi connectivity index (χ0) is 21.3. The average Bonchev–Trinajstić information content (AvgIpc) is 3.19. The summed E-state index contributed by atoms with van der Waals surface area (Å²) in [5.74, 6) is 0.209. The molecule has 0 saturated carbocycles. The standard InChI is InChI=1S/C21H22N6O2S/c1-24-19(28)16-12-30-18-17(16)25-21(26-8-4-7-15(23)11-26)27(20(18)29)10-14-6-3-2-5-13(14)9-22/h2-3,5-6,12,15H,4,7-8,10-11,23H2,1H3,(H,24,28)/t15-/m1/s1. The van der Waals surface area contributed by atoms with E-state index in [2.05, 4.69) is 11.4 Å². The monoisotopic (exact) mass is 422 g/mol. The van der Waals surface area contributed by atoms with Crippen LogP contribution in [0.2, 0.25) is 0 Å². The Labute approximate surface area is 177 Å². The summed E-state index contributed by atoms with van der Waals surface area (Å²) < 4.78 is 2.02. The number of carbonyl (C=O) groups is 1. The molecule has 0 unspecified atom stereocenters. The van der Waals surface area contributed by atoms with Crippen molar-refractivity contribution in [1.82, 2.24) is 14.9 Å². The lowest BCUT2D eigenvalue weighted by Crippen LogP contribution is -2.45. The van der Waals surface area contributed by atoms with Crippen molar-refractivity contribution in [2.24, 2.45) is 5.73 Å². The maximum atomic E-state index is 13.5. The Balaban J connectivity index is 1.92. The van der Waals surface area contributed by atoms with E-state index in [-0.39, 0.29) is 24.1 Å². The molecule has 0 radical (unpaired) electrons. The Kier molecular flexibility index (Phi) is 5.53. The van der Waals surface area contributed by atoms with Crippen LogP contribution in [0.4, 0.5) is 5.95 Å². The smallest absolute Gasteiger partial charge is 0.273 e. The SMILES string of the molecule is CNC(=O)c1csc2c(=O)n(Cc3ccccc3C#N)c(N3CCC[C@@H](N)C3)nc12. The minimum absolute atomic E-state index is 0.00733. The molecule has 1 aliphatic rings. The first-order chi connectivity index (χ1) is 14.5. The van der Waals surface area contributed by atoms with Crippen molar-refractivity contribution in [2.45, 2.75) is 25.4 Å². The topological polar surface area (TPSA) is 117 Å². The number of nitrogens with one attached hydrogen (secondary N) is 1. The van der Waals surface area contributed by atoms with Crippen LogP contribution in [0.1, 0.15) is 34.3 Å². The number of anilines is 1. The molecule has 1 amide bonds. The zero-order valence-corrected chi connectivity index (χ0v) is 17.4. The van der Waals surface area contributed by atoms with Crippen molar-refractivity contribution in [3.05, 3.63) is 56.7 Å². The van der Waals surface area contributed by atoms with E-state index in [9.17, 15) is 14.9 Å². The highest BCUT2D eigenvalue weighted by atomic mass is 32.1. The van der Waals surface area contributed by atoms with Crippen LogP contribution >= 0.6 is 11.3 Å².